The summed E-state index contributed by atoms with van der Waals surface area (Å²) in [4.78, 5) is 15.4. The largest absolute Gasteiger partial charge is 0.496 e. The number of hydrogen-bond donors (Lipinski definition) is 0. The molecule has 4 rings (SSSR count). The Labute approximate surface area is 183 Å². The van der Waals surface area contributed by atoms with Gasteiger partial charge < -0.3 is 14.4 Å². The lowest BCUT2D eigenvalue weighted by atomic mass is 10.1. The first kappa shape index (κ1) is 19.9. The summed E-state index contributed by atoms with van der Waals surface area (Å²) in [7, 11) is 1.65. The molecule has 1 amide bonds. The van der Waals surface area contributed by atoms with Gasteiger partial charge in [-0.15, -0.1) is 11.8 Å². The first-order valence-corrected chi connectivity index (χ1v) is 11.1. The number of thioether (sulfide) groups is 1. The van der Waals surface area contributed by atoms with E-state index in [0.29, 0.717) is 23.6 Å². The average Bonchev–Trinajstić information content (AvgIpc) is 3.24. The molecule has 3 aromatic rings. The van der Waals surface area contributed by atoms with Crippen LogP contribution in [-0.2, 0) is 0 Å². The lowest BCUT2D eigenvalue weighted by Gasteiger charge is -2.26. The van der Waals surface area contributed by atoms with Gasteiger partial charge >= 0.3 is 0 Å². The van der Waals surface area contributed by atoms with E-state index in [-0.39, 0.29) is 11.3 Å². The fraction of sp³-hybridized carbons (Fsp3) is 0.174. The number of benzene rings is 3. The van der Waals surface area contributed by atoms with Gasteiger partial charge in [0, 0.05) is 22.3 Å². The molecule has 1 saturated heterocycles. The fourth-order valence-corrected chi connectivity index (χ4v) is 4.99. The second-order valence-electron chi connectivity index (χ2n) is 6.52. The van der Waals surface area contributed by atoms with Crippen molar-refractivity contribution in [3.05, 3.63) is 88.4 Å². The minimum Gasteiger partial charge on any atom is -0.496 e. The predicted molar refractivity (Wildman–Crippen MR) is 120 cm³/mol. The quantitative estimate of drug-likeness (QED) is 0.449. The first-order valence-electron chi connectivity index (χ1n) is 9.25. The van der Waals surface area contributed by atoms with E-state index in [1.165, 1.54) is 0 Å². The van der Waals surface area contributed by atoms with Crippen LogP contribution < -0.4 is 9.47 Å². The van der Waals surface area contributed by atoms with E-state index in [0.717, 1.165) is 21.5 Å². The molecule has 0 spiro atoms. The molecule has 29 heavy (non-hydrogen) atoms. The Morgan fingerprint density at radius 2 is 1.79 bits per heavy atom. The summed E-state index contributed by atoms with van der Waals surface area (Å²) >= 11 is 5.27. The number of hydrogen-bond acceptors (Lipinski definition) is 4. The summed E-state index contributed by atoms with van der Waals surface area (Å²) in [5.74, 6) is 2.86. The van der Waals surface area contributed by atoms with Crippen molar-refractivity contribution in [1.29, 1.82) is 0 Å². The van der Waals surface area contributed by atoms with Gasteiger partial charge in [-0.3, -0.25) is 4.79 Å². The Balaban J connectivity index is 1.65. The highest BCUT2D eigenvalue weighted by molar-refractivity contribution is 9.10. The Bertz CT molecular complexity index is 1010. The summed E-state index contributed by atoms with van der Waals surface area (Å²) in [6.45, 7) is 0.670. The third-order valence-corrected chi connectivity index (χ3v) is 6.43. The Kier molecular flexibility index (Phi) is 6.11. The van der Waals surface area contributed by atoms with Crippen molar-refractivity contribution >= 4 is 33.6 Å². The molecule has 1 heterocycles. The topological polar surface area (TPSA) is 38.8 Å². The van der Waals surface area contributed by atoms with Crippen molar-refractivity contribution in [2.24, 2.45) is 0 Å². The van der Waals surface area contributed by atoms with E-state index >= 15 is 0 Å². The van der Waals surface area contributed by atoms with Crippen molar-refractivity contribution in [2.45, 2.75) is 5.37 Å². The lowest BCUT2D eigenvalue weighted by molar-refractivity contribution is 0.0756. The summed E-state index contributed by atoms with van der Waals surface area (Å²) in [5, 5.41) is -0.111. The third kappa shape index (κ3) is 4.28. The highest BCUT2D eigenvalue weighted by atomic mass is 79.9. The molecule has 1 unspecified atom stereocenters. The van der Waals surface area contributed by atoms with E-state index in [9.17, 15) is 4.79 Å². The van der Waals surface area contributed by atoms with E-state index in [1.807, 2.05) is 77.7 Å². The minimum atomic E-state index is -0.111. The van der Waals surface area contributed by atoms with Crippen molar-refractivity contribution in [3.63, 3.8) is 0 Å². The molecule has 1 atom stereocenters. The highest BCUT2D eigenvalue weighted by Gasteiger charge is 2.34. The smallest absolute Gasteiger partial charge is 0.258 e. The van der Waals surface area contributed by atoms with Gasteiger partial charge in [0.25, 0.3) is 5.91 Å². The number of ether oxygens (including phenoxy) is 2. The van der Waals surface area contributed by atoms with Crippen molar-refractivity contribution in [2.75, 3.05) is 19.4 Å². The maximum absolute atomic E-state index is 13.5. The van der Waals surface area contributed by atoms with Crippen LogP contribution >= 0.6 is 27.7 Å². The van der Waals surface area contributed by atoms with Crippen LogP contribution in [0.5, 0.6) is 17.2 Å². The second kappa shape index (κ2) is 8.93. The van der Waals surface area contributed by atoms with Crippen LogP contribution in [0.4, 0.5) is 0 Å². The Morgan fingerprint density at radius 1 is 1.03 bits per heavy atom. The number of nitrogens with zero attached hydrogens (tertiary/aromatic N) is 1. The van der Waals surface area contributed by atoms with Crippen molar-refractivity contribution in [1.82, 2.24) is 4.90 Å². The van der Waals surface area contributed by atoms with Gasteiger partial charge in [-0.1, -0.05) is 46.3 Å². The maximum Gasteiger partial charge on any atom is 0.258 e. The number of methoxy groups -OCH3 is 1. The van der Waals surface area contributed by atoms with Crippen LogP contribution in [0.3, 0.4) is 0 Å². The molecule has 1 aliphatic rings. The molecule has 0 aromatic heterocycles. The molecule has 3 aromatic carbocycles. The van der Waals surface area contributed by atoms with Gasteiger partial charge in [0.05, 0.1) is 12.7 Å². The summed E-state index contributed by atoms with van der Waals surface area (Å²) < 4.78 is 12.5. The van der Waals surface area contributed by atoms with Crippen LogP contribution in [0.1, 0.15) is 21.3 Å². The average molecular weight is 470 g/mol. The molecule has 0 saturated carbocycles. The summed E-state index contributed by atoms with van der Waals surface area (Å²) in [6.07, 6.45) is 0. The van der Waals surface area contributed by atoms with Crippen molar-refractivity contribution in [3.8, 4) is 17.2 Å². The van der Waals surface area contributed by atoms with Gasteiger partial charge in [0.15, 0.2) is 0 Å². The van der Waals surface area contributed by atoms with Gasteiger partial charge in [-0.25, -0.2) is 0 Å². The maximum atomic E-state index is 13.5. The predicted octanol–water partition coefficient (Wildman–Crippen LogP) is 6.14. The monoisotopic (exact) mass is 469 g/mol. The number of carbonyl (C=O) groups is 1. The number of rotatable bonds is 5. The lowest BCUT2D eigenvalue weighted by Crippen LogP contribution is -2.30. The van der Waals surface area contributed by atoms with Crippen LogP contribution in [0.15, 0.2) is 77.3 Å². The molecule has 4 nitrogen and oxygen atoms in total. The second-order valence-corrected chi connectivity index (χ2v) is 8.62. The van der Waals surface area contributed by atoms with Crippen LogP contribution in [0.25, 0.3) is 0 Å². The summed E-state index contributed by atoms with van der Waals surface area (Å²) in [5.41, 5.74) is 1.54. The zero-order valence-corrected chi connectivity index (χ0v) is 18.3. The Hall–Kier alpha value is -2.44. The van der Waals surface area contributed by atoms with E-state index < -0.39 is 0 Å². The molecular weight excluding hydrogens is 450 g/mol. The molecule has 1 fully saturated rings. The van der Waals surface area contributed by atoms with Gasteiger partial charge in [-0.05, 0) is 42.5 Å². The summed E-state index contributed by atoms with van der Waals surface area (Å²) in [6, 6.07) is 22.8. The Morgan fingerprint density at radius 3 is 2.59 bits per heavy atom. The van der Waals surface area contributed by atoms with Gasteiger partial charge in [0.2, 0.25) is 0 Å². The van der Waals surface area contributed by atoms with Gasteiger partial charge in [0.1, 0.15) is 22.6 Å². The first-order chi connectivity index (χ1) is 14.2. The number of halogens is 1. The van der Waals surface area contributed by atoms with E-state index in [4.69, 9.17) is 9.47 Å². The standard InChI is InChI=1S/C23H20BrNO3S/c1-27-20-12-11-16(24)15-19(20)23-25(13-14-29-23)22(26)18-9-5-6-10-21(18)28-17-7-3-2-4-8-17/h2-12,15,23H,13-14H2,1H3. The fourth-order valence-electron chi connectivity index (χ4n) is 3.34. The third-order valence-electron chi connectivity index (χ3n) is 4.70. The van der Waals surface area contributed by atoms with E-state index in [2.05, 4.69) is 15.9 Å². The normalized spacial score (nSPS) is 15.9. The molecule has 1 aliphatic heterocycles. The SMILES string of the molecule is COc1ccc(Br)cc1C1SCCN1C(=O)c1ccccc1Oc1ccccc1. The number of para-hydroxylation sites is 2. The molecule has 0 aliphatic carbocycles. The number of carbonyl (C=O) groups excluding carboxylic acids is 1. The zero-order chi connectivity index (χ0) is 20.2. The van der Waals surface area contributed by atoms with E-state index in [1.54, 1.807) is 18.9 Å². The molecule has 0 bridgehead atoms. The van der Waals surface area contributed by atoms with Crippen LogP contribution in [0.2, 0.25) is 0 Å². The van der Waals surface area contributed by atoms with Gasteiger partial charge in [-0.2, -0.15) is 0 Å². The molecule has 0 N–H and O–H groups in total. The highest BCUT2D eigenvalue weighted by Crippen LogP contribution is 2.44. The van der Waals surface area contributed by atoms with Crippen LogP contribution in [0, 0.1) is 0 Å². The minimum absolute atomic E-state index is 0.0476. The van der Waals surface area contributed by atoms with Crippen LogP contribution in [-0.4, -0.2) is 30.2 Å². The zero-order valence-electron chi connectivity index (χ0n) is 15.9. The number of amides is 1. The molecule has 6 heteroatoms. The molecule has 0 radical (unpaired) electrons. The molecular formula is C23H20BrNO3S. The van der Waals surface area contributed by atoms with Crippen molar-refractivity contribution < 1.29 is 14.3 Å². The molecule has 148 valence electrons.